The van der Waals surface area contributed by atoms with Crippen molar-refractivity contribution in [1.29, 1.82) is 0 Å². The number of benzene rings is 1. The number of hydrogen-bond acceptors (Lipinski definition) is 7. The summed E-state index contributed by atoms with van der Waals surface area (Å²) in [5.41, 5.74) is 2.91. The van der Waals surface area contributed by atoms with Crippen molar-refractivity contribution >= 4 is 22.4 Å². The van der Waals surface area contributed by atoms with Gasteiger partial charge in [0.1, 0.15) is 17.1 Å². The molecule has 0 unspecified atom stereocenters. The number of rotatable bonds is 6. The number of aliphatic hydroxyl groups excluding tert-OH is 1. The number of anilines is 1. The van der Waals surface area contributed by atoms with Gasteiger partial charge in [-0.15, -0.1) is 5.10 Å². The van der Waals surface area contributed by atoms with Crippen LogP contribution < -0.4 is 10.1 Å². The third-order valence-corrected chi connectivity index (χ3v) is 4.88. The standard InChI is InChI=1S/C22H19N5O3/c1-29-22-15-11-19(30-18(15)9-10-23-22)16-12-25-21-8-7-20(26-27(16)21)24-13-17(28)14-5-3-2-4-6-14/h2-12,17,28H,13H2,1H3,(H,24,26)/t17-/m1/s1. The van der Waals surface area contributed by atoms with Gasteiger partial charge in [0, 0.05) is 18.8 Å². The average Bonchev–Trinajstić information content (AvgIpc) is 3.41. The molecule has 0 aliphatic heterocycles. The predicted molar refractivity (Wildman–Crippen MR) is 112 cm³/mol. The molecule has 4 heterocycles. The molecule has 0 bridgehead atoms. The maximum atomic E-state index is 10.4. The second-order valence-electron chi connectivity index (χ2n) is 6.78. The van der Waals surface area contributed by atoms with E-state index in [9.17, 15) is 5.11 Å². The number of nitrogens with one attached hydrogen (secondary N) is 1. The van der Waals surface area contributed by atoms with E-state index in [-0.39, 0.29) is 0 Å². The normalized spacial score (nSPS) is 12.3. The van der Waals surface area contributed by atoms with Crippen molar-refractivity contribution in [2.45, 2.75) is 6.10 Å². The molecule has 0 saturated heterocycles. The molecule has 150 valence electrons. The van der Waals surface area contributed by atoms with Crippen LogP contribution in [-0.2, 0) is 0 Å². The largest absolute Gasteiger partial charge is 0.480 e. The number of aliphatic hydroxyl groups is 1. The third kappa shape index (κ3) is 3.23. The van der Waals surface area contributed by atoms with Crippen LogP contribution in [0.4, 0.5) is 5.82 Å². The number of aromatic nitrogens is 4. The van der Waals surface area contributed by atoms with Crippen LogP contribution in [0.1, 0.15) is 11.7 Å². The molecule has 0 aliphatic rings. The van der Waals surface area contributed by atoms with Crippen LogP contribution in [0.25, 0.3) is 28.1 Å². The van der Waals surface area contributed by atoms with Crippen molar-refractivity contribution in [3.63, 3.8) is 0 Å². The molecule has 0 saturated carbocycles. The molecule has 1 aromatic carbocycles. The van der Waals surface area contributed by atoms with E-state index in [1.165, 1.54) is 0 Å². The Labute approximate surface area is 171 Å². The summed E-state index contributed by atoms with van der Waals surface area (Å²) in [4.78, 5) is 8.62. The summed E-state index contributed by atoms with van der Waals surface area (Å²) in [6.45, 7) is 0.333. The third-order valence-electron chi connectivity index (χ3n) is 4.88. The number of nitrogens with zero attached hydrogens (tertiary/aromatic N) is 4. The number of ether oxygens (including phenoxy) is 1. The zero-order valence-electron chi connectivity index (χ0n) is 16.2. The van der Waals surface area contributed by atoms with Crippen LogP contribution in [0.15, 0.2) is 71.4 Å². The number of fused-ring (bicyclic) bond motifs is 2. The van der Waals surface area contributed by atoms with E-state index >= 15 is 0 Å². The van der Waals surface area contributed by atoms with Gasteiger partial charge in [0.25, 0.3) is 0 Å². The van der Waals surface area contributed by atoms with Crippen molar-refractivity contribution < 1.29 is 14.3 Å². The quantitative estimate of drug-likeness (QED) is 0.448. The van der Waals surface area contributed by atoms with Gasteiger partial charge >= 0.3 is 0 Å². The topological polar surface area (TPSA) is 97.7 Å². The van der Waals surface area contributed by atoms with Gasteiger partial charge in [0.05, 0.1) is 24.8 Å². The molecule has 5 rings (SSSR count). The predicted octanol–water partition coefficient (Wildman–Crippen LogP) is 3.69. The summed E-state index contributed by atoms with van der Waals surface area (Å²) in [5, 5.41) is 19.0. The van der Waals surface area contributed by atoms with Gasteiger partial charge in [-0.2, -0.15) is 0 Å². The average molecular weight is 401 g/mol. The second-order valence-corrected chi connectivity index (χ2v) is 6.78. The highest BCUT2D eigenvalue weighted by molar-refractivity contribution is 5.86. The van der Waals surface area contributed by atoms with Crippen molar-refractivity contribution in [3.8, 4) is 17.3 Å². The number of hydrogen-bond donors (Lipinski definition) is 2. The Morgan fingerprint density at radius 2 is 2.00 bits per heavy atom. The number of furan rings is 1. The fourth-order valence-corrected chi connectivity index (χ4v) is 3.36. The van der Waals surface area contributed by atoms with Crippen LogP contribution in [0.2, 0.25) is 0 Å². The highest BCUT2D eigenvalue weighted by Crippen LogP contribution is 2.32. The summed E-state index contributed by atoms with van der Waals surface area (Å²) >= 11 is 0. The van der Waals surface area contributed by atoms with E-state index < -0.39 is 6.10 Å². The maximum absolute atomic E-state index is 10.4. The van der Waals surface area contributed by atoms with Crippen molar-refractivity contribution in [3.05, 3.63) is 72.6 Å². The van der Waals surface area contributed by atoms with Crippen molar-refractivity contribution in [1.82, 2.24) is 19.6 Å². The summed E-state index contributed by atoms with van der Waals surface area (Å²) in [6.07, 6.45) is 2.71. The highest BCUT2D eigenvalue weighted by Gasteiger charge is 2.16. The fraction of sp³-hybridized carbons (Fsp3) is 0.136. The summed E-state index contributed by atoms with van der Waals surface area (Å²) in [7, 11) is 1.58. The molecule has 0 aliphatic carbocycles. The molecule has 4 aromatic heterocycles. The molecular weight excluding hydrogens is 382 g/mol. The fourth-order valence-electron chi connectivity index (χ4n) is 3.36. The van der Waals surface area contributed by atoms with Crippen LogP contribution in [0.5, 0.6) is 5.88 Å². The van der Waals surface area contributed by atoms with Gasteiger partial charge in [0.2, 0.25) is 5.88 Å². The molecular formula is C22H19N5O3. The Hall–Kier alpha value is -3.91. The first-order chi connectivity index (χ1) is 14.7. The minimum atomic E-state index is -0.638. The lowest BCUT2D eigenvalue weighted by Crippen LogP contribution is -2.13. The Bertz CT molecular complexity index is 1310. The smallest absolute Gasteiger partial charge is 0.224 e. The Balaban J connectivity index is 1.45. The Kier molecular flexibility index (Phi) is 4.53. The van der Waals surface area contributed by atoms with Crippen LogP contribution >= 0.6 is 0 Å². The first kappa shape index (κ1) is 18.1. The van der Waals surface area contributed by atoms with E-state index in [0.29, 0.717) is 40.9 Å². The van der Waals surface area contributed by atoms with E-state index in [4.69, 9.17) is 9.15 Å². The summed E-state index contributed by atoms with van der Waals surface area (Å²) in [6, 6.07) is 16.8. The number of pyridine rings is 1. The van der Waals surface area contributed by atoms with Gasteiger partial charge in [-0.1, -0.05) is 30.3 Å². The second kappa shape index (κ2) is 7.49. The van der Waals surface area contributed by atoms with Gasteiger partial charge < -0.3 is 19.6 Å². The van der Waals surface area contributed by atoms with Crippen LogP contribution in [0, 0.1) is 0 Å². The maximum Gasteiger partial charge on any atom is 0.224 e. The lowest BCUT2D eigenvalue weighted by atomic mass is 10.1. The number of imidazole rings is 1. The minimum Gasteiger partial charge on any atom is -0.480 e. The highest BCUT2D eigenvalue weighted by atomic mass is 16.5. The molecule has 0 radical (unpaired) electrons. The van der Waals surface area contributed by atoms with Crippen LogP contribution in [0.3, 0.4) is 0 Å². The van der Waals surface area contributed by atoms with E-state index in [2.05, 4.69) is 20.4 Å². The van der Waals surface area contributed by atoms with Crippen molar-refractivity contribution in [2.75, 3.05) is 19.0 Å². The summed E-state index contributed by atoms with van der Waals surface area (Å²) < 4.78 is 13.0. The number of methoxy groups -OCH3 is 1. The lowest BCUT2D eigenvalue weighted by Gasteiger charge is -2.12. The van der Waals surface area contributed by atoms with Gasteiger partial charge in [0.15, 0.2) is 11.4 Å². The molecule has 1 atom stereocenters. The Morgan fingerprint density at radius 1 is 1.13 bits per heavy atom. The minimum absolute atomic E-state index is 0.333. The van der Waals surface area contributed by atoms with Gasteiger partial charge in [-0.05, 0) is 23.8 Å². The van der Waals surface area contributed by atoms with E-state index in [1.807, 2.05) is 48.5 Å². The molecule has 30 heavy (non-hydrogen) atoms. The molecule has 5 aromatic rings. The van der Waals surface area contributed by atoms with Crippen molar-refractivity contribution in [2.24, 2.45) is 0 Å². The zero-order valence-corrected chi connectivity index (χ0v) is 16.2. The van der Waals surface area contributed by atoms with Crippen LogP contribution in [-0.4, -0.2) is 38.3 Å². The molecule has 8 nitrogen and oxygen atoms in total. The molecule has 8 heteroatoms. The SMILES string of the molecule is COc1nccc2oc(-c3cnc4ccc(NC[C@@H](O)c5ccccc5)nn34)cc12. The molecule has 0 amide bonds. The van der Waals surface area contributed by atoms with E-state index in [0.717, 1.165) is 10.9 Å². The zero-order chi connectivity index (χ0) is 20.5. The monoisotopic (exact) mass is 401 g/mol. The van der Waals surface area contributed by atoms with E-state index in [1.54, 1.807) is 30.1 Å². The van der Waals surface area contributed by atoms with Gasteiger partial charge in [-0.25, -0.2) is 14.5 Å². The first-order valence-corrected chi connectivity index (χ1v) is 9.47. The molecule has 2 N–H and O–H groups in total. The molecule has 0 fully saturated rings. The Morgan fingerprint density at radius 3 is 2.83 bits per heavy atom. The summed E-state index contributed by atoms with van der Waals surface area (Å²) in [5.74, 6) is 1.73. The first-order valence-electron chi connectivity index (χ1n) is 9.47. The lowest BCUT2D eigenvalue weighted by molar-refractivity contribution is 0.191. The van der Waals surface area contributed by atoms with Gasteiger partial charge in [-0.3, -0.25) is 0 Å². The molecule has 0 spiro atoms.